The fraction of sp³-hybridized carbons (Fsp3) is 0.474. The first-order valence-corrected chi connectivity index (χ1v) is 9.30. The van der Waals surface area contributed by atoms with Crippen LogP contribution >= 0.6 is 0 Å². The predicted octanol–water partition coefficient (Wildman–Crippen LogP) is 0.133. The average Bonchev–Trinajstić information content (AvgIpc) is 2.72. The number of methoxy groups -OCH3 is 2. The molecule has 1 aromatic carbocycles. The van der Waals surface area contributed by atoms with Crippen LogP contribution in [0.3, 0.4) is 0 Å². The maximum atomic E-state index is 11.6. The summed E-state index contributed by atoms with van der Waals surface area (Å²) in [6.07, 6.45) is 0. The van der Waals surface area contributed by atoms with Crippen molar-refractivity contribution >= 4 is 28.6 Å². The van der Waals surface area contributed by atoms with Gasteiger partial charge in [-0.15, -0.1) is 0 Å². The molecule has 0 atom stereocenters. The summed E-state index contributed by atoms with van der Waals surface area (Å²) in [5.41, 5.74) is 10.6. The summed E-state index contributed by atoms with van der Waals surface area (Å²) < 4.78 is 10.7. The Balaban J connectivity index is 1.85. The van der Waals surface area contributed by atoms with Gasteiger partial charge in [-0.05, 0) is 20.2 Å². The van der Waals surface area contributed by atoms with Gasteiger partial charge in [0, 0.05) is 37.6 Å². The lowest BCUT2D eigenvalue weighted by Gasteiger charge is -2.35. The molecule has 0 bridgehead atoms. The Labute approximate surface area is 169 Å². The molecule has 0 aliphatic carbocycles. The maximum absolute atomic E-state index is 11.6. The van der Waals surface area contributed by atoms with Crippen LogP contribution in [0.5, 0.6) is 11.5 Å². The second-order valence-corrected chi connectivity index (χ2v) is 6.97. The molecule has 3 rings (SSSR count). The van der Waals surface area contributed by atoms with Crippen LogP contribution < -0.4 is 25.5 Å². The minimum absolute atomic E-state index is 0.308. The molecule has 2 aromatic rings. The highest BCUT2D eigenvalue weighted by atomic mass is 16.5. The first-order valence-electron chi connectivity index (χ1n) is 9.30. The van der Waals surface area contributed by atoms with Gasteiger partial charge in [0.15, 0.2) is 11.5 Å². The van der Waals surface area contributed by atoms with Gasteiger partial charge in [-0.25, -0.2) is 14.8 Å². The number of nitrogens with one attached hydrogen (secondary N) is 1. The van der Waals surface area contributed by atoms with Crippen molar-refractivity contribution in [3.05, 3.63) is 17.8 Å². The van der Waals surface area contributed by atoms with Crippen molar-refractivity contribution in [2.24, 2.45) is 0 Å². The Morgan fingerprint density at radius 1 is 1.21 bits per heavy atom. The van der Waals surface area contributed by atoms with Gasteiger partial charge in [0.05, 0.1) is 26.3 Å². The molecule has 29 heavy (non-hydrogen) atoms. The summed E-state index contributed by atoms with van der Waals surface area (Å²) in [6.45, 7) is 3.34. The number of nitrogens with two attached hydrogens (primary N) is 1. The van der Waals surface area contributed by atoms with Gasteiger partial charge in [0.1, 0.15) is 17.5 Å². The minimum atomic E-state index is 0.308. The number of carbonyl (C=O) groups excluding carboxylic acids is 1. The Kier molecular flexibility index (Phi) is 6.50. The summed E-state index contributed by atoms with van der Waals surface area (Å²) >= 11 is 0. The molecule has 1 aromatic heterocycles. The Morgan fingerprint density at radius 3 is 2.59 bits per heavy atom. The number of nitrogens with zero attached hydrogens (tertiary/aromatic N) is 5. The molecule has 156 valence electrons. The smallest absolute Gasteiger partial charge is 0.232 e. The van der Waals surface area contributed by atoms with Crippen molar-refractivity contribution in [1.82, 2.24) is 25.3 Å². The molecule has 10 nitrogen and oxygen atoms in total. The van der Waals surface area contributed by atoms with E-state index in [4.69, 9.17) is 15.2 Å². The Hall–Kier alpha value is -2.91. The predicted molar refractivity (Wildman–Crippen MR) is 112 cm³/mol. The number of ether oxygens (including phenoxy) is 2. The summed E-state index contributed by atoms with van der Waals surface area (Å²) in [5, 5.41) is 2.66. The largest absolute Gasteiger partial charge is 0.493 e. The molecule has 1 saturated heterocycles. The summed E-state index contributed by atoms with van der Waals surface area (Å²) in [6, 6.07) is 3.50. The number of piperazine rings is 1. The van der Waals surface area contributed by atoms with E-state index in [0.29, 0.717) is 59.5 Å². The van der Waals surface area contributed by atoms with E-state index in [2.05, 4.69) is 20.3 Å². The zero-order valence-corrected chi connectivity index (χ0v) is 17.2. The standard InChI is InChI=1S/C19H27N7O3/c1-24(2)6-5-21-25-7-8-26(13(11-25)12-27)19-22-15-10-17(29-4)16(28-3)9-14(15)18(20)23-19/h9-10,21H,5-8,11H2,1-4H3,(H2,20,22,23). The molecule has 1 aliphatic heterocycles. The minimum Gasteiger partial charge on any atom is -0.493 e. The lowest BCUT2D eigenvalue weighted by Crippen LogP contribution is -2.52. The number of aromatic nitrogens is 2. The zero-order chi connectivity index (χ0) is 21.0. The van der Waals surface area contributed by atoms with Crippen LogP contribution in [0.2, 0.25) is 0 Å². The molecule has 10 heteroatoms. The van der Waals surface area contributed by atoms with E-state index < -0.39 is 0 Å². The number of hydrazine groups is 1. The first kappa shape index (κ1) is 20.8. The van der Waals surface area contributed by atoms with E-state index in [1.165, 1.54) is 0 Å². The summed E-state index contributed by atoms with van der Waals surface area (Å²) in [4.78, 5) is 24.5. The Bertz CT molecular complexity index is 928. The summed E-state index contributed by atoms with van der Waals surface area (Å²) in [5.74, 6) is 3.80. The molecule has 1 aliphatic rings. The van der Waals surface area contributed by atoms with Crippen LogP contribution in [0.15, 0.2) is 17.8 Å². The lowest BCUT2D eigenvalue weighted by atomic mass is 10.2. The quantitative estimate of drug-likeness (QED) is 0.622. The highest BCUT2D eigenvalue weighted by Gasteiger charge is 2.26. The maximum Gasteiger partial charge on any atom is 0.232 e. The van der Waals surface area contributed by atoms with E-state index in [1.54, 1.807) is 31.3 Å². The third-order valence-corrected chi connectivity index (χ3v) is 4.73. The first-order chi connectivity index (χ1) is 14.0. The number of likely N-dealkylation sites (N-methyl/N-ethyl adjacent to an activating group) is 1. The fourth-order valence-corrected chi connectivity index (χ4v) is 3.16. The van der Waals surface area contributed by atoms with Crippen molar-refractivity contribution in [2.75, 3.05) is 71.7 Å². The number of hydrogen-bond donors (Lipinski definition) is 2. The molecule has 1 fully saturated rings. The van der Waals surface area contributed by atoms with Gasteiger partial charge in [-0.2, -0.15) is 4.98 Å². The van der Waals surface area contributed by atoms with E-state index in [9.17, 15) is 4.79 Å². The third-order valence-electron chi connectivity index (χ3n) is 4.73. The second-order valence-electron chi connectivity index (χ2n) is 6.97. The van der Waals surface area contributed by atoms with E-state index in [1.807, 2.05) is 25.0 Å². The van der Waals surface area contributed by atoms with Gasteiger partial charge in [0.2, 0.25) is 5.95 Å². The topological polar surface area (TPSA) is 109 Å². The molecule has 2 heterocycles. The van der Waals surface area contributed by atoms with Crippen molar-refractivity contribution in [3.8, 4) is 11.5 Å². The van der Waals surface area contributed by atoms with Gasteiger partial charge >= 0.3 is 0 Å². The van der Waals surface area contributed by atoms with Gasteiger partial charge < -0.3 is 25.0 Å². The van der Waals surface area contributed by atoms with Gasteiger partial charge in [-0.1, -0.05) is 0 Å². The van der Waals surface area contributed by atoms with Crippen LogP contribution in [0.25, 0.3) is 10.9 Å². The summed E-state index contributed by atoms with van der Waals surface area (Å²) in [7, 11) is 7.15. The van der Waals surface area contributed by atoms with Crippen LogP contribution in [-0.4, -0.2) is 86.9 Å². The van der Waals surface area contributed by atoms with Gasteiger partial charge in [0.25, 0.3) is 0 Å². The highest BCUT2D eigenvalue weighted by molar-refractivity contribution is 5.92. The normalized spacial score (nSPS) is 15.1. The van der Waals surface area contributed by atoms with Gasteiger partial charge in [-0.3, -0.25) is 5.43 Å². The fourth-order valence-electron chi connectivity index (χ4n) is 3.16. The van der Waals surface area contributed by atoms with E-state index in [-0.39, 0.29) is 0 Å². The number of fused-ring (bicyclic) bond motifs is 1. The molecule has 0 spiro atoms. The highest BCUT2D eigenvalue weighted by Crippen LogP contribution is 2.34. The van der Waals surface area contributed by atoms with E-state index in [0.717, 1.165) is 13.1 Å². The van der Waals surface area contributed by atoms with E-state index >= 15 is 0 Å². The van der Waals surface area contributed by atoms with Crippen molar-refractivity contribution < 1.29 is 14.3 Å². The molecular formula is C19H27N7O3. The number of benzene rings is 1. The molecular weight excluding hydrogens is 374 g/mol. The number of rotatable bonds is 7. The Morgan fingerprint density at radius 2 is 1.93 bits per heavy atom. The van der Waals surface area contributed by atoms with Crippen molar-refractivity contribution in [3.63, 3.8) is 0 Å². The molecule has 0 radical (unpaired) electrons. The molecule has 3 N–H and O–H groups in total. The number of hydrogen-bond acceptors (Lipinski definition) is 10. The second kappa shape index (κ2) is 9.06. The monoisotopic (exact) mass is 401 g/mol. The SMILES string of the molecule is COc1cc2nc(N3CCN(NCCN(C)C)CC3=C=O)nc(N)c2cc1OC. The molecule has 0 unspecified atom stereocenters. The number of anilines is 2. The van der Waals surface area contributed by atoms with Crippen LogP contribution in [0.1, 0.15) is 0 Å². The lowest BCUT2D eigenvalue weighted by molar-refractivity contribution is 0.184. The number of nitrogen functional groups attached to an aromatic ring is 1. The van der Waals surface area contributed by atoms with Crippen LogP contribution in [0.4, 0.5) is 11.8 Å². The molecule has 0 amide bonds. The third kappa shape index (κ3) is 4.57. The van der Waals surface area contributed by atoms with Crippen molar-refractivity contribution in [2.45, 2.75) is 0 Å². The van der Waals surface area contributed by atoms with Crippen LogP contribution in [0, 0.1) is 0 Å². The average molecular weight is 401 g/mol. The molecule has 0 saturated carbocycles. The zero-order valence-electron chi connectivity index (χ0n) is 17.2. The van der Waals surface area contributed by atoms with Crippen LogP contribution in [-0.2, 0) is 4.79 Å². The van der Waals surface area contributed by atoms with Crippen molar-refractivity contribution in [1.29, 1.82) is 0 Å².